The molecule has 0 spiro atoms. The minimum Gasteiger partial charge on any atom is -0.496 e. The standard InChI is InChI=1S/C11H12Br2O2/c1-7-3-4-10(15-2)8(5-7)11(14)9(13)6-12/h3-5,9H,6H2,1-2H3. The van der Waals surface area contributed by atoms with Gasteiger partial charge < -0.3 is 4.74 Å². The molecule has 1 unspecified atom stereocenters. The Morgan fingerprint density at radius 3 is 2.73 bits per heavy atom. The van der Waals surface area contributed by atoms with E-state index in [1.54, 1.807) is 7.11 Å². The van der Waals surface area contributed by atoms with Gasteiger partial charge in [0.2, 0.25) is 0 Å². The van der Waals surface area contributed by atoms with E-state index in [1.165, 1.54) is 0 Å². The number of carbonyl (C=O) groups excluding carboxylic acids is 1. The molecule has 0 saturated carbocycles. The number of alkyl halides is 2. The molecule has 15 heavy (non-hydrogen) atoms. The molecule has 82 valence electrons. The third-order valence-electron chi connectivity index (χ3n) is 2.04. The van der Waals surface area contributed by atoms with E-state index in [2.05, 4.69) is 31.9 Å². The van der Waals surface area contributed by atoms with E-state index in [1.807, 2.05) is 25.1 Å². The van der Waals surface area contributed by atoms with Crippen molar-refractivity contribution in [3.05, 3.63) is 29.3 Å². The maximum Gasteiger partial charge on any atom is 0.181 e. The van der Waals surface area contributed by atoms with Gasteiger partial charge in [0.25, 0.3) is 0 Å². The summed E-state index contributed by atoms with van der Waals surface area (Å²) < 4.78 is 5.16. The van der Waals surface area contributed by atoms with Gasteiger partial charge in [-0.25, -0.2) is 0 Å². The number of carbonyl (C=O) groups is 1. The van der Waals surface area contributed by atoms with Gasteiger partial charge in [0.1, 0.15) is 5.75 Å². The summed E-state index contributed by atoms with van der Waals surface area (Å²) in [5.74, 6) is 0.656. The normalized spacial score (nSPS) is 12.3. The van der Waals surface area contributed by atoms with Crippen LogP contribution in [0.15, 0.2) is 18.2 Å². The number of hydrogen-bond donors (Lipinski definition) is 0. The second kappa shape index (κ2) is 5.66. The fourth-order valence-corrected chi connectivity index (χ4v) is 1.79. The predicted octanol–water partition coefficient (Wildman–Crippen LogP) is 3.34. The zero-order valence-corrected chi connectivity index (χ0v) is 11.8. The maximum atomic E-state index is 12.0. The summed E-state index contributed by atoms with van der Waals surface area (Å²) in [5.41, 5.74) is 1.67. The lowest BCUT2D eigenvalue weighted by molar-refractivity contribution is 0.0994. The molecule has 1 rings (SSSR count). The van der Waals surface area contributed by atoms with Gasteiger partial charge in [-0.3, -0.25) is 4.79 Å². The van der Waals surface area contributed by atoms with E-state index < -0.39 is 0 Å². The molecule has 0 saturated heterocycles. The number of Topliss-reactive ketones (excluding diaryl/α,β-unsaturated/α-hetero) is 1. The van der Waals surface area contributed by atoms with E-state index in [0.717, 1.165) is 5.56 Å². The van der Waals surface area contributed by atoms with Gasteiger partial charge >= 0.3 is 0 Å². The molecule has 0 aromatic heterocycles. The van der Waals surface area contributed by atoms with Crippen molar-refractivity contribution in [2.24, 2.45) is 0 Å². The number of rotatable bonds is 4. The Kier molecular flexibility index (Phi) is 4.80. The largest absolute Gasteiger partial charge is 0.496 e. The lowest BCUT2D eigenvalue weighted by Gasteiger charge is -2.10. The number of ether oxygens (including phenoxy) is 1. The maximum absolute atomic E-state index is 12.0. The van der Waals surface area contributed by atoms with Crippen molar-refractivity contribution in [2.45, 2.75) is 11.8 Å². The van der Waals surface area contributed by atoms with Crippen molar-refractivity contribution in [2.75, 3.05) is 12.4 Å². The van der Waals surface area contributed by atoms with Gasteiger partial charge in [-0.1, -0.05) is 43.5 Å². The Hall–Kier alpha value is -0.350. The summed E-state index contributed by atoms with van der Waals surface area (Å²) in [5, 5.41) is 0.586. The Bertz CT molecular complexity index is 364. The minimum absolute atomic E-state index is 0.0347. The number of ketones is 1. The van der Waals surface area contributed by atoms with E-state index in [4.69, 9.17) is 4.74 Å². The van der Waals surface area contributed by atoms with Crippen molar-refractivity contribution in [1.82, 2.24) is 0 Å². The molecule has 1 atom stereocenters. The Labute approximate surface area is 106 Å². The molecule has 0 amide bonds. The van der Waals surface area contributed by atoms with E-state index in [-0.39, 0.29) is 10.6 Å². The van der Waals surface area contributed by atoms with Crippen LogP contribution < -0.4 is 4.74 Å². The molecule has 1 aromatic carbocycles. The van der Waals surface area contributed by atoms with Crippen molar-refractivity contribution in [3.63, 3.8) is 0 Å². The molecule has 0 heterocycles. The van der Waals surface area contributed by atoms with E-state index >= 15 is 0 Å². The number of benzene rings is 1. The topological polar surface area (TPSA) is 26.3 Å². The highest BCUT2D eigenvalue weighted by molar-refractivity contribution is 9.12. The second-order valence-electron chi connectivity index (χ2n) is 3.19. The highest BCUT2D eigenvalue weighted by Gasteiger charge is 2.19. The van der Waals surface area contributed by atoms with Crippen LogP contribution in [0.5, 0.6) is 5.75 Å². The molecule has 0 N–H and O–H groups in total. The van der Waals surface area contributed by atoms with Crippen LogP contribution in [0.2, 0.25) is 0 Å². The first kappa shape index (κ1) is 12.7. The highest BCUT2D eigenvalue weighted by atomic mass is 79.9. The average Bonchev–Trinajstić information content (AvgIpc) is 2.27. The molecule has 0 radical (unpaired) electrons. The Morgan fingerprint density at radius 2 is 2.20 bits per heavy atom. The molecule has 0 aliphatic rings. The van der Waals surface area contributed by atoms with Crippen LogP contribution in [0.3, 0.4) is 0 Å². The molecular weight excluding hydrogens is 324 g/mol. The summed E-state index contributed by atoms with van der Waals surface area (Å²) in [6.07, 6.45) is 0. The third kappa shape index (κ3) is 3.05. The smallest absolute Gasteiger partial charge is 0.181 e. The Balaban J connectivity index is 3.11. The van der Waals surface area contributed by atoms with Gasteiger partial charge in [0, 0.05) is 5.33 Å². The van der Waals surface area contributed by atoms with Crippen molar-refractivity contribution < 1.29 is 9.53 Å². The summed E-state index contributed by atoms with van der Waals surface area (Å²) in [4.78, 5) is 11.7. The first-order chi connectivity index (χ1) is 7.10. The van der Waals surface area contributed by atoms with Crippen LogP contribution >= 0.6 is 31.9 Å². The molecule has 4 heteroatoms. The lowest BCUT2D eigenvalue weighted by atomic mass is 10.1. The van der Waals surface area contributed by atoms with Crippen LogP contribution in [0.1, 0.15) is 15.9 Å². The second-order valence-corrected chi connectivity index (χ2v) is 4.94. The zero-order chi connectivity index (χ0) is 11.4. The average molecular weight is 336 g/mol. The van der Waals surface area contributed by atoms with Crippen LogP contribution in [-0.2, 0) is 0 Å². The zero-order valence-electron chi connectivity index (χ0n) is 8.59. The lowest BCUT2D eigenvalue weighted by Crippen LogP contribution is -2.16. The first-order valence-electron chi connectivity index (χ1n) is 4.49. The predicted molar refractivity (Wildman–Crippen MR) is 68.6 cm³/mol. The van der Waals surface area contributed by atoms with Gasteiger partial charge in [0.05, 0.1) is 17.5 Å². The van der Waals surface area contributed by atoms with Crippen LogP contribution in [-0.4, -0.2) is 23.1 Å². The molecular formula is C11H12Br2O2. The Morgan fingerprint density at radius 1 is 1.53 bits per heavy atom. The molecule has 0 fully saturated rings. The number of halogens is 2. The summed E-state index contributed by atoms with van der Waals surface area (Å²) in [6, 6.07) is 5.58. The van der Waals surface area contributed by atoms with Crippen molar-refractivity contribution >= 4 is 37.6 Å². The van der Waals surface area contributed by atoms with Gasteiger partial charge in [-0.15, -0.1) is 0 Å². The number of aryl methyl sites for hydroxylation is 1. The fraction of sp³-hybridized carbons (Fsp3) is 0.364. The van der Waals surface area contributed by atoms with Crippen LogP contribution in [0.4, 0.5) is 0 Å². The van der Waals surface area contributed by atoms with Gasteiger partial charge in [-0.2, -0.15) is 0 Å². The third-order valence-corrected chi connectivity index (χ3v) is 4.30. The fourth-order valence-electron chi connectivity index (χ4n) is 1.25. The summed E-state index contributed by atoms with van der Waals surface area (Å²) in [7, 11) is 1.57. The molecule has 0 aliphatic heterocycles. The van der Waals surface area contributed by atoms with Gasteiger partial charge in [-0.05, 0) is 19.1 Å². The highest BCUT2D eigenvalue weighted by Crippen LogP contribution is 2.23. The van der Waals surface area contributed by atoms with E-state index in [9.17, 15) is 4.79 Å². The van der Waals surface area contributed by atoms with Crippen molar-refractivity contribution in [1.29, 1.82) is 0 Å². The summed E-state index contributed by atoms with van der Waals surface area (Å²) in [6.45, 7) is 1.95. The summed E-state index contributed by atoms with van der Waals surface area (Å²) >= 11 is 6.58. The SMILES string of the molecule is COc1ccc(C)cc1C(=O)C(Br)CBr. The van der Waals surface area contributed by atoms with Crippen LogP contribution in [0.25, 0.3) is 0 Å². The van der Waals surface area contributed by atoms with E-state index in [0.29, 0.717) is 16.6 Å². The number of hydrogen-bond acceptors (Lipinski definition) is 2. The van der Waals surface area contributed by atoms with Crippen LogP contribution in [0, 0.1) is 6.92 Å². The number of methoxy groups -OCH3 is 1. The molecule has 0 aliphatic carbocycles. The van der Waals surface area contributed by atoms with Crippen molar-refractivity contribution in [3.8, 4) is 5.75 Å². The minimum atomic E-state index is -0.215. The molecule has 2 nitrogen and oxygen atoms in total. The monoisotopic (exact) mass is 334 g/mol. The molecule has 0 bridgehead atoms. The molecule has 1 aromatic rings. The quantitative estimate of drug-likeness (QED) is 0.623. The first-order valence-corrected chi connectivity index (χ1v) is 6.52. The van der Waals surface area contributed by atoms with Gasteiger partial charge in [0.15, 0.2) is 5.78 Å².